The van der Waals surface area contributed by atoms with Gasteiger partial charge in [-0.1, -0.05) is 37.3 Å². The second-order valence-electron chi connectivity index (χ2n) is 5.80. The Balaban J connectivity index is 1.69. The molecule has 3 nitrogen and oxygen atoms in total. The number of anilines is 1. The molecule has 110 valence electrons. The lowest BCUT2D eigenvalue weighted by molar-refractivity contribution is 0.675. The molecule has 0 spiro atoms. The smallest absolute Gasteiger partial charge is 0.0572 e. The number of hydrogen-bond acceptors (Lipinski definition) is 3. The van der Waals surface area contributed by atoms with E-state index in [9.17, 15) is 0 Å². The molecule has 3 heteroatoms. The molecule has 1 aliphatic rings. The van der Waals surface area contributed by atoms with Crippen molar-refractivity contribution in [1.29, 1.82) is 0 Å². The van der Waals surface area contributed by atoms with Crippen molar-refractivity contribution in [3.8, 4) is 0 Å². The molecule has 0 aliphatic carbocycles. The third kappa shape index (κ3) is 3.08. The fourth-order valence-corrected chi connectivity index (χ4v) is 3.01. The van der Waals surface area contributed by atoms with E-state index in [4.69, 9.17) is 5.73 Å². The Morgan fingerprint density at radius 2 is 2.05 bits per heavy atom. The van der Waals surface area contributed by atoms with Crippen molar-refractivity contribution in [1.82, 2.24) is 4.98 Å². The zero-order valence-corrected chi connectivity index (χ0v) is 12.6. The first-order valence-corrected chi connectivity index (χ1v) is 7.79. The summed E-state index contributed by atoms with van der Waals surface area (Å²) in [5.41, 5.74) is 9.66. The van der Waals surface area contributed by atoms with Gasteiger partial charge in [-0.25, -0.2) is 0 Å². The summed E-state index contributed by atoms with van der Waals surface area (Å²) >= 11 is 0. The van der Waals surface area contributed by atoms with Crippen LogP contribution in [-0.2, 0) is 0 Å². The lowest BCUT2D eigenvalue weighted by Gasteiger charge is -2.19. The van der Waals surface area contributed by atoms with E-state index in [1.54, 1.807) is 0 Å². The molecule has 2 heterocycles. The second-order valence-corrected chi connectivity index (χ2v) is 5.80. The van der Waals surface area contributed by atoms with E-state index in [0.29, 0.717) is 5.92 Å². The van der Waals surface area contributed by atoms with E-state index in [-0.39, 0.29) is 6.04 Å². The molecular formula is C18H23N3. The van der Waals surface area contributed by atoms with Crippen LogP contribution in [0.2, 0.25) is 0 Å². The average molecular weight is 281 g/mol. The van der Waals surface area contributed by atoms with E-state index in [0.717, 1.165) is 25.2 Å². The van der Waals surface area contributed by atoms with Crippen molar-refractivity contribution in [2.45, 2.75) is 31.7 Å². The van der Waals surface area contributed by atoms with Crippen LogP contribution in [0.1, 0.15) is 43.0 Å². The highest BCUT2D eigenvalue weighted by molar-refractivity contribution is 5.47. The van der Waals surface area contributed by atoms with Crippen molar-refractivity contribution < 1.29 is 0 Å². The zero-order valence-electron chi connectivity index (χ0n) is 12.6. The molecule has 2 N–H and O–H groups in total. The van der Waals surface area contributed by atoms with E-state index < -0.39 is 0 Å². The standard InChI is InChI=1S/C18H23N3/c1-2-17(19)18-9-8-16(12-20-18)21-11-10-15(13-21)14-6-4-3-5-7-14/h3-9,12,15,17H,2,10-11,13,19H2,1H3/t15?,17-/m1/s1. The number of rotatable bonds is 4. The third-order valence-corrected chi connectivity index (χ3v) is 4.41. The first-order valence-electron chi connectivity index (χ1n) is 7.79. The summed E-state index contributed by atoms with van der Waals surface area (Å²) < 4.78 is 0. The van der Waals surface area contributed by atoms with Crippen LogP contribution in [0.15, 0.2) is 48.7 Å². The van der Waals surface area contributed by atoms with Crippen LogP contribution in [0.25, 0.3) is 0 Å². The average Bonchev–Trinajstić information content (AvgIpc) is 3.05. The maximum absolute atomic E-state index is 6.02. The zero-order chi connectivity index (χ0) is 14.7. The highest BCUT2D eigenvalue weighted by Crippen LogP contribution is 2.30. The van der Waals surface area contributed by atoms with Gasteiger partial charge in [-0.05, 0) is 30.5 Å². The van der Waals surface area contributed by atoms with Gasteiger partial charge in [-0.15, -0.1) is 0 Å². The highest BCUT2D eigenvalue weighted by atomic mass is 15.2. The van der Waals surface area contributed by atoms with Crippen LogP contribution in [0.4, 0.5) is 5.69 Å². The van der Waals surface area contributed by atoms with Gasteiger partial charge in [0.25, 0.3) is 0 Å². The quantitative estimate of drug-likeness (QED) is 0.933. The number of pyridine rings is 1. The van der Waals surface area contributed by atoms with Crippen LogP contribution in [0.5, 0.6) is 0 Å². The fraction of sp³-hybridized carbons (Fsp3) is 0.389. The van der Waals surface area contributed by atoms with Gasteiger partial charge in [0.2, 0.25) is 0 Å². The van der Waals surface area contributed by atoms with Gasteiger partial charge in [0.15, 0.2) is 0 Å². The molecular weight excluding hydrogens is 258 g/mol. The topological polar surface area (TPSA) is 42.1 Å². The Morgan fingerprint density at radius 3 is 2.71 bits per heavy atom. The van der Waals surface area contributed by atoms with E-state index >= 15 is 0 Å². The van der Waals surface area contributed by atoms with E-state index in [1.165, 1.54) is 17.7 Å². The van der Waals surface area contributed by atoms with Gasteiger partial charge in [-0.3, -0.25) is 4.98 Å². The predicted octanol–water partition coefficient (Wildman–Crippen LogP) is 3.49. The molecule has 1 unspecified atom stereocenters. The summed E-state index contributed by atoms with van der Waals surface area (Å²) in [6, 6.07) is 15.1. The van der Waals surface area contributed by atoms with Crippen molar-refractivity contribution >= 4 is 5.69 Å². The van der Waals surface area contributed by atoms with Crippen molar-refractivity contribution in [3.05, 3.63) is 59.9 Å². The molecule has 1 aliphatic heterocycles. The molecule has 2 atom stereocenters. The summed E-state index contributed by atoms with van der Waals surface area (Å²) in [6.07, 6.45) is 4.10. The number of nitrogens with two attached hydrogens (primary N) is 1. The molecule has 1 aromatic carbocycles. The maximum Gasteiger partial charge on any atom is 0.0572 e. The Morgan fingerprint density at radius 1 is 1.24 bits per heavy atom. The first kappa shape index (κ1) is 14.1. The predicted molar refractivity (Wildman–Crippen MR) is 87.5 cm³/mol. The van der Waals surface area contributed by atoms with Gasteiger partial charge < -0.3 is 10.6 Å². The van der Waals surface area contributed by atoms with E-state index in [1.807, 2.05) is 6.20 Å². The summed E-state index contributed by atoms with van der Waals surface area (Å²) in [5, 5.41) is 0. The highest BCUT2D eigenvalue weighted by Gasteiger charge is 2.24. The number of nitrogens with zero attached hydrogens (tertiary/aromatic N) is 2. The van der Waals surface area contributed by atoms with Crippen LogP contribution in [0.3, 0.4) is 0 Å². The van der Waals surface area contributed by atoms with E-state index in [2.05, 4.69) is 59.3 Å². The lowest BCUT2D eigenvalue weighted by Crippen LogP contribution is -2.20. The lowest BCUT2D eigenvalue weighted by atomic mass is 9.99. The molecule has 0 radical (unpaired) electrons. The minimum Gasteiger partial charge on any atom is -0.370 e. The maximum atomic E-state index is 6.02. The van der Waals surface area contributed by atoms with Gasteiger partial charge in [0, 0.05) is 25.0 Å². The molecule has 1 aromatic heterocycles. The van der Waals surface area contributed by atoms with Crippen LogP contribution >= 0.6 is 0 Å². The summed E-state index contributed by atoms with van der Waals surface area (Å²) in [6.45, 7) is 4.26. The molecule has 0 saturated carbocycles. The third-order valence-electron chi connectivity index (χ3n) is 4.41. The van der Waals surface area contributed by atoms with Crippen LogP contribution in [-0.4, -0.2) is 18.1 Å². The molecule has 3 rings (SSSR count). The van der Waals surface area contributed by atoms with Gasteiger partial charge >= 0.3 is 0 Å². The van der Waals surface area contributed by atoms with Crippen molar-refractivity contribution in [3.63, 3.8) is 0 Å². The number of aromatic nitrogens is 1. The molecule has 21 heavy (non-hydrogen) atoms. The Labute approximate surface area is 126 Å². The van der Waals surface area contributed by atoms with Crippen molar-refractivity contribution in [2.24, 2.45) is 5.73 Å². The molecule has 2 aromatic rings. The summed E-state index contributed by atoms with van der Waals surface area (Å²) in [4.78, 5) is 6.95. The minimum absolute atomic E-state index is 0.0506. The SMILES string of the molecule is CC[C@@H](N)c1ccc(N2CCC(c3ccccc3)C2)cn1. The number of benzene rings is 1. The number of hydrogen-bond donors (Lipinski definition) is 1. The molecule has 0 amide bonds. The first-order chi connectivity index (χ1) is 10.3. The molecule has 1 saturated heterocycles. The fourth-order valence-electron chi connectivity index (χ4n) is 3.01. The minimum atomic E-state index is 0.0506. The summed E-state index contributed by atoms with van der Waals surface area (Å²) in [5.74, 6) is 0.628. The monoisotopic (exact) mass is 281 g/mol. The van der Waals surface area contributed by atoms with Gasteiger partial charge in [0.05, 0.1) is 17.6 Å². The normalized spacial score (nSPS) is 19.7. The second kappa shape index (κ2) is 6.27. The largest absolute Gasteiger partial charge is 0.370 e. The molecule has 0 bridgehead atoms. The Hall–Kier alpha value is -1.87. The Kier molecular flexibility index (Phi) is 4.20. The van der Waals surface area contributed by atoms with Gasteiger partial charge in [-0.2, -0.15) is 0 Å². The van der Waals surface area contributed by atoms with Gasteiger partial charge in [0.1, 0.15) is 0 Å². The van der Waals surface area contributed by atoms with Crippen LogP contribution in [0, 0.1) is 0 Å². The Bertz CT molecular complexity index is 565. The van der Waals surface area contributed by atoms with Crippen molar-refractivity contribution in [2.75, 3.05) is 18.0 Å². The van der Waals surface area contributed by atoms with Crippen LogP contribution < -0.4 is 10.6 Å². The molecule has 1 fully saturated rings. The summed E-state index contributed by atoms with van der Waals surface area (Å²) in [7, 11) is 0.